The van der Waals surface area contributed by atoms with Crippen molar-refractivity contribution in [3.8, 4) is 6.07 Å². The largest absolute Gasteiger partial charge is 0.301 e. The van der Waals surface area contributed by atoms with Crippen LogP contribution in [-0.2, 0) is 10.2 Å². The number of nitro benzene ring substituents is 1. The lowest BCUT2D eigenvalue weighted by Crippen LogP contribution is -2.49. The molecule has 4 aliphatic rings. The van der Waals surface area contributed by atoms with E-state index in [-0.39, 0.29) is 22.8 Å². The number of rotatable bonds is 6. The average molecular weight is 506 g/mol. The van der Waals surface area contributed by atoms with E-state index in [9.17, 15) is 20.2 Å². The molecule has 3 aromatic rings. The van der Waals surface area contributed by atoms with Gasteiger partial charge < -0.3 is 5.32 Å². The molecule has 178 valence electrons. The lowest BCUT2D eigenvalue weighted by Gasteiger charge is -2.56. The Morgan fingerprint density at radius 3 is 2.54 bits per heavy atom. The van der Waals surface area contributed by atoms with Gasteiger partial charge in [0.15, 0.2) is 5.13 Å². The zero-order valence-corrected chi connectivity index (χ0v) is 20.5. The number of non-ortho nitro benzene ring substituents is 1. The molecule has 0 spiro atoms. The number of nitrogens with one attached hydrogen (secondary N) is 1. The monoisotopic (exact) mass is 505 g/mol. The molecule has 10 heteroatoms. The van der Waals surface area contributed by atoms with E-state index in [1.165, 1.54) is 73.8 Å². The first-order valence-electron chi connectivity index (χ1n) is 11.8. The topological polar surface area (TPSA) is 122 Å². The van der Waals surface area contributed by atoms with Crippen molar-refractivity contribution >= 4 is 50.0 Å². The molecule has 8 nitrogen and oxygen atoms in total. The second kappa shape index (κ2) is 8.57. The summed E-state index contributed by atoms with van der Waals surface area (Å²) in [7, 11) is 0. The number of hydrogen-bond donors (Lipinski definition) is 1. The molecule has 0 saturated heterocycles. The predicted octanol–water partition coefficient (Wildman–Crippen LogP) is 5.67. The number of benzene rings is 1. The van der Waals surface area contributed by atoms with Crippen molar-refractivity contribution in [2.24, 2.45) is 17.8 Å². The van der Waals surface area contributed by atoms with E-state index in [0.29, 0.717) is 25.9 Å². The lowest BCUT2D eigenvalue weighted by atomic mass is 9.49. The number of fused-ring (bicyclic) bond motifs is 1. The molecule has 2 heterocycles. The lowest BCUT2D eigenvalue weighted by molar-refractivity contribution is -0.384. The summed E-state index contributed by atoms with van der Waals surface area (Å²) in [4.78, 5) is 32.5. The first kappa shape index (κ1) is 22.4. The van der Waals surface area contributed by atoms with Gasteiger partial charge in [0.25, 0.3) is 5.69 Å². The SMILES string of the molecule is N#Cc1ccc(C23CC4CC(CC(C4)C2)C3)nc1SCC(=O)Nc1nc2ccc([N+](=O)[O-])cc2s1. The normalized spacial score (nSPS) is 26.5. The van der Waals surface area contributed by atoms with Crippen molar-refractivity contribution in [3.63, 3.8) is 0 Å². The third-order valence-electron chi connectivity index (χ3n) is 7.73. The maximum absolute atomic E-state index is 12.7. The summed E-state index contributed by atoms with van der Waals surface area (Å²) < 4.78 is 0.638. The van der Waals surface area contributed by atoms with Crippen LogP contribution < -0.4 is 5.32 Å². The Bertz CT molecular complexity index is 1360. The number of hydrogen-bond acceptors (Lipinski definition) is 8. The van der Waals surface area contributed by atoms with E-state index in [1.807, 2.05) is 12.1 Å². The van der Waals surface area contributed by atoms with E-state index >= 15 is 0 Å². The van der Waals surface area contributed by atoms with Crippen LogP contribution in [-0.4, -0.2) is 26.6 Å². The Hall–Kier alpha value is -3.03. The molecule has 2 aromatic heterocycles. The van der Waals surface area contributed by atoms with Crippen LogP contribution in [0.5, 0.6) is 0 Å². The molecule has 1 amide bonds. The van der Waals surface area contributed by atoms with Crippen molar-refractivity contribution in [2.75, 3.05) is 11.1 Å². The maximum atomic E-state index is 12.7. The molecule has 4 aliphatic carbocycles. The van der Waals surface area contributed by atoms with Gasteiger partial charge in [-0.05, 0) is 74.5 Å². The minimum atomic E-state index is -0.453. The summed E-state index contributed by atoms with van der Waals surface area (Å²) in [5, 5.41) is 24.4. The molecule has 35 heavy (non-hydrogen) atoms. The smallest absolute Gasteiger partial charge is 0.270 e. The van der Waals surface area contributed by atoms with Crippen molar-refractivity contribution in [2.45, 2.75) is 49.0 Å². The Morgan fingerprint density at radius 1 is 1.17 bits per heavy atom. The Balaban J connectivity index is 1.17. The molecule has 4 fully saturated rings. The highest BCUT2D eigenvalue weighted by atomic mass is 32.2. The predicted molar refractivity (Wildman–Crippen MR) is 134 cm³/mol. The van der Waals surface area contributed by atoms with Crippen LogP contribution in [0.1, 0.15) is 49.8 Å². The molecule has 7 rings (SSSR count). The Morgan fingerprint density at radius 2 is 1.89 bits per heavy atom. The second-order valence-electron chi connectivity index (χ2n) is 10.1. The summed E-state index contributed by atoms with van der Waals surface area (Å²) in [6.45, 7) is 0. The first-order valence-corrected chi connectivity index (χ1v) is 13.6. The number of aromatic nitrogens is 2. The Kier molecular flexibility index (Phi) is 5.49. The number of carbonyl (C=O) groups excluding carboxylic acids is 1. The van der Waals surface area contributed by atoms with Crippen molar-refractivity contribution in [1.29, 1.82) is 5.26 Å². The molecule has 0 atom stereocenters. The first-order chi connectivity index (χ1) is 16.9. The zero-order chi connectivity index (χ0) is 24.2. The molecule has 0 unspecified atom stereocenters. The number of pyridine rings is 1. The van der Waals surface area contributed by atoms with Gasteiger partial charge in [-0.25, -0.2) is 9.97 Å². The number of nitro groups is 1. The van der Waals surface area contributed by atoms with E-state index in [2.05, 4.69) is 16.4 Å². The molecule has 4 bridgehead atoms. The summed E-state index contributed by atoms with van der Waals surface area (Å²) in [5.74, 6) is 2.25. The van der Waals surface area contributed by atoms with Crippen LogP contribution in [0.4, 0.5) is 10.8 Å². The molecule has 0 aliphatic heterocycles. The second-order valence-corrected chi connectivity index (χ2v) is 12.1. The quantitative estimate of drug-likeness (QED) is 0.260. The van der Waals surface area contributed by atoms with Crippen LogP contribution >= 0.6 is 23.1 Å². The van der Waals surface area contributed by atoms with Crippen molar-refractivity contribution in [1.82, 2.24) is 9.97 Å². The number of thiazole rings is 1. The van der Waals surface area contributed by atoms with Gasteiger partial charge in [-0.3, -0.25) is 14.9 Å². The molecule has 0 radical (unpaired) electrons. The van der Waals surface area contributed by atoms with Crippen LogP contribution in [0.3, 0.4) is 0 Å². The highest BCUT2D eigenvalue weighted by Gasteiger charge is 2.52. The van der Waals surface area contributed by atoms with Crippen LogP contribution in [0, 0.1) is 39.2 Å². The summed E-state index contributed by atoms with van der Waals surface area (Å²) in [5.41, 5.74) is 2.29. The fraction of sp³-hybridized carbons (Fsp3) is 0.440. The maximum Gasteiger partial charge on any atom is 0.270 e. The van der Waals surface area contributed by atoms with Gasteiger partial charge in [0, 0.05) is 23.2 Å². The summed E-state index contributed by atoms with van der Waals surface area (Å²) >= 11 is 2.47. The number of nitrogens with zero attached hydrogens (tertiary/aromatic N) is 4. The van der Waals surface area contributed by atoms with Crippen LogP contribution in [0.2, 0.25) is 0 Å². The fourth-order valence-electron chi connectivity index (χ4n) is 6.72. The third kappa shape index (κ3) is 4.17. The van der Waals surface area contributed by atoms with Crippen LogP contribution in [0.25, 0.3) is 10.2 Å². The highest BCUT2D eigenvalue weighted by Crippen LogP contribution is 2.60. The fourth-order valence-corrected chi connectivity index (χ4v) is 8.41. The number of amides is 1. The van der Waals surface area contributed by atoms with Gasteiger partial charge in [-0.1, -0.05) is 23.1 Å². The molecular weight excluding hydrogens is 482 g/mol. The number of anilines is 1. The van der Waals surface area contributed by atoms with Gasteiger partial charge in [0.05, 0.1) is 26.5 Å². The third-order valence-corrected chi connectivity index (χ3v) is 9.66. The van der Waals surface area contributed by atoms with E-state index < -0.39 is 4.92 Å². The van der Waals surface area contributed by atoms with Crippen molar-refractivity contribution < 1.29 is 9.72 Å². The molecule has 1 aromatic carbocycles. The van der Waals surface area contributed by atoms with Gasteiger partial charge in [0.2, 0.25) is 5.91 Å². The minimum absolute atomic E-state index is 0.0106. The molecular formula is C25H23N5O3S2. The van der Waals surface area contributed by atoms with E-state index in [1.54, 1.807) is 6.07 Å². The highest BCUT2D eigenvalue weighted by molar-refractivity contribution is 8.00. The molecule has 1 N–H and O–H groups in total. The van der Waals surface area contributed by atoms with Gasteiger partial charge in [0.1, 0.15) is 11.1 Å². The number of nitriles is 1. The van der Waals surface area contributed by atoms with E-state index in [4.69, 9.17) is 4.98 Å². The van der Waals surface area contributed by atoms with E-state index in [0.717, 1.165) is 23.4 Å². The van der Waals surface area contributed by atoms with Gasteiger partial charge in [-0.15, -0.1) is 0 Å². The molecule has 4 saturated carbocycles. The van der Waals surface area contributed by atoms with Crippen molar-refractivity contribution in [3.05, 3.63) is 51.7 Å². The minimum Gasteiger partial charge on any atom is -0.301 e. The van der Waals surface area contributed by atoms with Gasteiger partial charge >= 0.3 is 0 Å². The van der Waals surface area contributed by atoms with Crippen LogP contribution in [0.15, 0.2) is 35.4 Å². The Labute approximate surface area is 210 Å². The standard InChI is InChI=1S/C25H23N5O3S2/c26-12-17-1-4-21(25-9-14-5-15(10-25)7-16(6-14)11-25)28-23(17)34-13-22(31)29-24-27-19-3-2-18(30(32)33)8-20(19)35-24/h1-4,8,14-16H,5-7,9-11,13H2,(H,27,29,31). The number of thioether (sulfide) groups is 1. The summed E-state index contributed by atoms with van der Waals surface area (Å²) in [6, 6.07) is 10.6. The summed E-state index contributed by atoms with van der Waals surface area (Å²) in [6.07, 6.45) is 7.65. The zero-order valence-electron chi connectivity index (χ0n) is 18.9. The van der Waals surface area contributed by atoms with Gasteiger partial charge in [-0.2, -0.15) is 5.26 Å². The number of carbonyl (C=O) groups is 1. The average Bonchev–Trinajstić information content (AvgIpc) is 3.23.